The molecule has 0 aliphatic heterocycles. The van der Waals surface area contributed by atoms with Gasteiger partial charge in [0.05, 0.1) is 0 Å². The maximum atomic E-state index is 4.25. The molecule has 0 atom stereocenters. The Bertz CT molecular complexity index is 25.1. The minimum Gasteiger partial charge on any atom is -0.521 e. The molecule has 97 valence electrons. The quantitative estimate of drug-likeness (QED) is 0.442. The Labute approximate surface area is 184 Å². The molecule has 0 aromatic heterocycles. The third kappa shape index (κ3) is 268. The minimum absolute atomic E-state index is 0. The van der Waals surface area contributed by atoms with Gasteiger partial charge in [-0.1, -0.05) is 35.6 Å². The summed E-state index contributed by atoms with van der Waals surface area (Å²) in [6.07, 6.45) is 5.32. The molecule has 0 rings (SSSR count). The maximum Gasteiger partial charge on any atom is 0 e. The first-order valence-electron chi connectivity index (χ1n) is 4.26. The first kappa shape index (κ1) is 61.4. The molecule has 0 saturated carbocycles. The molecule has 0 aliphatic carbocycles. The van der Waals surface area contributed by atoms with Crippen LogP contribution in [0, 0.1) is 19.4 Å². The van der Waals surface area contributed by atoms with Crippen LogP contribution in [0.5, 0.6) is 0 Å². The first-order chi connectivity index (χ1) is 5.33. The molecule has 3 heteroatoms. The Morgan fingerprint density at radius 1 is 0.875 bits per heavy atom. The molecule has 0 aliphatic rings. The van der Waals surface area contributed by atoms with Crippen LogP contribution in [0.2, 0.25) is 0 Å². The van der Waals surface area contributed by atoms with Gasteiger partial charge in [0.1, 0.15) is 0 Å². The van der Waals surface area contributed by atoms with Gasteiger partial charge in [0, 0.05) is 98.1 Å². The van der Waals surface area contributed by atoms with Gasteiger partial charge in [0.2, 0.25) is 0 Å². The topological polar surface area (TPSA) is 0 Å². The van der Waals surface area contributed by atoms with Crippen molar-refractivity contribution in [1.82, 2.24) is 0 Å². The van der Waals surface area contributed by atoms with Gasteiger partial charge >= 0.3 is 0 Å². The minimum atomic E-state index is 0. The van der Waals surface area contributed by atoms with Gasteiger partial charge in [-0.3, -0.25) is 6.58 Å². The van der Waals surface area contributed by atoms with Crippen molar-refractivity contribution >= 4 is 0 Å². The number of hydrogen-bond donors (Lipinski definition) is 0. The van der Waals surface area contributed by atoms with Crippen LogP contribution in [0.1, 0.15) is 62.8 Å². The molecular weight excluding hydrogens is 423 g/mol. The second kappa shape index (κ2) is 143. The average Bonchev–Trinajstić information content (AvgIpc) is 2.12. The predicted octanol–water partition coefficient (Wildman–Crippen LogP) is 5.75. The Balaban J connectivity index is -0.00000000547. The van der Waals surface area contributed by atoms with E-state index >= 15 is 0 Å². The van der Waals surface area contributed by atoms with Crippen molar-refractivity contribution in [2.45, 2.75) is 62.8 Å². The Morgan fingerprint density at radius 2 is 0.938 bits per heavy atom. The molecule has 0 amide bonds. The number of hydrogen-bond acceptors (Lipinski definition) is 0. The molecule has 0 saturated heterocycles. The van der Waals surface area contributed by atoms with Crippen LogP contribution in [0.25, 0.3) is 0 Å². The van der Waals surface area contributed by atoms with E-state index in [4.69, 9.17) is 0 Å². The van der Waals surface area contributed by atoms with Gasteiger partial charge in [-0.2, -0.15) is 27.2 Å². The molecule has 0 unspecified atom stereocenters. The van der Waals surface area contributed by atoms with Crippen molar-refractivity contribution in [2.75, 3.05) is 0 Å². The zero-order chi connectivity index (χ0) is 10.1. The third-order valence-electron chi connectivity index (χ3n) is 0.408. The standard InChI is InChI=1S/C4H9.C3H7.C2H6.C2H3.2CH4.3Y/c1-3-4-2;1-3-2;2*1-2;;;;;/h3H,4H2,1-2H3;3H,1-2H3;1-2H3;1H,2H2;2*1H4;;;/q2*-1;;-1;;;;;. The van der Waals surface area contributed by atoms with Crippen molar-refractivity contribution in [3.8, 4) is 0 Å². The van der Waals surface area contributed by atoms with Crippen LogP contribution in [-0.4, -0.2) is 0 Å². The smallest absolute Gasteiger partial charge is 0 e. The van der Waals surface area contributed by atoms with Crippen molar-refractivity contribution in [3.63, 3.8) is 0 Å². The van der Waals surface area contributed by atoms with E-state index in [1.54, 1.807) is 0 Å². The van der Waals surface area contributed by atoms with E-state index in [0.717, 1.165) is 0 Å². The molecule has 0 aromatic carbocycles. The van der Waals surface area contributed by atoms with E-state index in [0.29, 0.717) is 0 Å². The molecule has 0 heterocycles. The van der Waals surface area contributed by atoms with E-state index < -0.39 is 0 Å². The monoisotopic (exact) mass is 456 g/mol. The van der Waals surface area contributed by atoms with Crippen LogP contribution in [-0.2, 0) is 98.1 Å². The Kier molecular flexibility index (Phi) is 550. The van der Waals surface area contributed by atoms with E-state index in [-0.39, 0.29) is 113 Å². The van der Waals surface area contributed by atoms with Gasteiger partial charge in [-0.25, -0.2) is 0 Å². The van der Waals surface area contributed by atoms with Crippen molar-refractivity contribution < 1.29 is 98.1 Å². The van der Waals surface area contributed by atoms with Crippen LogP contribution >= 0.6 is 0 Å². The third-order valence-corrected chi connectivity index (χ3v) is 0.408. The van der Waals surface area contributed by atoms with Gasteiger partial charge in [0.25, 0.3) is 0 Å². The summed E-state index contributed by atoms with van der Waals surface area (Å²) in [4.78, 5) is 0. The summed E-state index contributed by atoms with van der Waals surface area (Å²) in [5, 5.41) is 0. The summed E-state index contributed by atoms with van der Waals surface area (Å²) in [7, 11) is 0. The molecule has 0 spiro atoms. The molecule has 0 nitrogen and oxygen atoms in total. The summed E-state index contributed by atoms with van der Waals surface area (Å²) >= 11 is 0. The largest absolute Gasteiger partial charge is 0.521 e. The number of rotatable bonds is 1. The second-order valence-corrected chi connectivity index (χ2v) is 1.39. The normalized spacial score (nSPS) is 3.62. The van der Waals surface area contributed by atoms with Gasteiger partial charge < -0.3 is 19.4 Å². The molecule has 0 bridgehead atoms. The number of unbranched alkanes of at least 4 members (excludes halogenated alkanes) is 1. The fourth-order valence-electron chi connectivity index (χ4n) is 0. The summed E-state index contributed by atoms with van der Waals surface area (Å²) in [5.41, 5.74) is 0. The van der Waals surface area contributed by atoms with E-state index in [1.165, 1.54) is 6.42 Å². The zero-order valence-corrected chi connectivity index (χ0v) is 19.4. The SMILES string of the molecule is C.C.CC.C[CH-]C.C[CH-]CC.[CH-]=C.[Y].[Y].[Y]. The van der Waals surface area contributed by atoms with Crippen LogP contribution in [0.15, 0.2) is 6.58 Å². The summed E-state index contributed by atoms with van der Waals surface area (Å²) in [6, 6.07) is 0. The molecule has 3 radical (unpaired) electrons. The summed E-state index contributed by atoms with van der Waals surface area (Å²) in [5.74, 6) is 0. The molecule has 0 fully saturated rings. The summed E-state index contributed by atoms with van der Waals surface area (Å²) < 4.78 is 0. The first-order valence-corrected chi connectivity index (χ1v) is 4.26. The fourth-order valence-corrected chi connectivity index (χ4v) is 0. The molecule has 0 N–H and O–H groups in total. The second-order valence-electron chi connectivity index (χ2n) is 1.39. The van der Waals surface area contributed by atoms with Gasteiger partial charge in [-0.05, 0) is 0 Å². The van der Waals surface area contributed by atoms with Crippen LogP contribution in [0.3, 0.4) is 0 Å². The van der Waals surface area contributed by atoms with E-state index in [9.17, 15) is 0 Å². The average molecular weight is 456 g/mol. The van der Waals surface area contributed by atoms with Crippen molar-refractivity contribution in [3.05, 3.63) is 26.0 Å². The predicted molar refractivity (Wildman–Crippen MR) is 70.7 cm³/mol. The summed E-state index contributed by atoms with van der Waals surface area (Å²) in [6.45, 7) is 19.2. The fraction of sp³-hybridized carbons (Fsp3) is 0.692. The van der Waals surface area contributed by atoms with Gasteiger partial charge in [0.15, 0.2) is 0 Å². The van der Waals surface area contributed by atoms with Crippen LogP contribution < -0.4 is 0 Å². The zero-order valence-electron chi connectivity index (χ0n) is 10.9. The maximum absolute atomic E-state index is 4.25. The molecule has 16 heavy (non-hydrogen) atoms. The van der Waals surface area contributed by atoms with E-state index in [2.05, 4.69) is 33.4 Å². The van der Waals surface area contributed by atoms with E-state index in [1.807, 2.05) is 34.1 Å². The van der Waals surface area contributed by atoms with Gasteiger partial charge in [-0.15, -0.1) is 0 Å². The Morgan fingerprint density at radius 3 is 0.938 bits per heavy atom. The molecular formula is C13H33Y3-3. The van der Waals surface area contributed by atoms with Crippen molar-refractivity contribution in [2.24, 2.45) is 0 Å². The molecule has 0 aromatic rings. The van der Waals surface area contributed by atoms with Crippen molar-refractivity contribution in [1.29, 1.82) is 0 Å². The Hall–Kier alpha value is 3.05. The van der Waals surface area contributed by atoms with Crippen LogP contribution in [0.4, 0.5) is 0 Å².